The minimum atomic E-state index is -4.03. The number of aromatic hydroxyl groups is 1. The quantitative estimate of drug-likeness (QED) is 0.874. The van der Waals surface area contributed by atoms with E-state index in [2.05, 4.69) is 4.18 Å². The van der Waals surface area contributed by atoms with Gasteiger partial charge in [0.1, 0.15) is 11.5 Å². The third-order valence-corrected chi connectivity index (χ3v) is 3.80. The highest BCUT2D eigenvalue weighted by atomic mass is 32.2. The lowest BCUT2D eigenvalue weighted by Gasteiger charge is -2.09. The maximum atomic E-state index is 10.9. The summed E-state index contributed by atoms with van der Waals surface area (Å²) in [4.78, 5) is 0. The van der Waals surface area contributed by atoms with Crippen LogP contribution in [0.15, 0.2) is 24.3 Å². The number of hydrogen-bond acceptors (Lipinski definition) is 4. The van der Waals surface area contributed by atoms with Crippen LogP contribution in [0.4, 0.5) is 0 Å². The summed E-state index contributed by atoms with van der Waals surface area (Å²) in [6.07, 6.45) is 2.83. The molecule has 0 radical (unpaired) electrons. The van der Waals surface area contributed by atoms with Crippen molar-refractivity contribution in [3.63, 3.8) is 0 Å². The summed E-state index contributed by atoms with van der Waals surface area (Å²) < 4.78 is 26.4. The second-order valence-corrected chi connectivity index (χ2v) is 5.82. The fourth-order valence-corrected chi connectivity index (χ4v) is 3.05. The summed E-state index contributed by atoms with van der Waals surface area (Å²) in [5.41, 5.74) is 2.13. The zero-order valence-corrected chi connectivity index (χ0v) is 10.9. The number of nitrogens with two attached hydrogens (primary N) is 1. The summed E-state index contributed by atoms with van der Waals surface area (Å²) >= 11 is 0. The van der Waals surface area contributed by atoms with Crippen molar-refractivity contribution in [3.05, 3.63) is 35.4 Å². The zero-order valence-electron chi connectivity index (χ0n) is 10.1. The summed E-state index contributed by atoms with van der Waals surface area (Å²) in [5.74, 6) is 0.403. The number of aryl methyl sites for hydroxylation is 1. The fourth-order valence-electron chi connectivity index (χ4n) is 2.68. The molecule has 3 N–H and O–H groups in total. The van der Waals surface area contributed by atoms with Crippen LogP contribution >= 0.6 is 0 Å². The van der Waals surface area contributed by atoms with Gasteiger partial charge in [0.15, 0.2) is 0 Å². The minimum Gasteiger partial charge on any atom is -0.508 e. The molecule has 2 aromatic carbocycles. The molecule has 0 aromatic heterocycles. The van der Waals surface area contributed by atoms with Gasteiger partial charge in [-0.15, -0.1) is 0 Å². The average Bonchev–Trinajstić information content (AvgIpc) is 2.76. The van der Waals surface area contributed by atoms with E-state index in [1.165, 1.54) is 0 Å². The van der Waals surface area contributed by atoms with Crippen LogP contribution in [0.25, 0.3) is 10.8 Å². The van der Waals surface area contributed by atoms with E-state index in [1.807, 2.05) is 0 Å². The average molecular weight is 279 g/mol. The smallest absolute Gasteiger partial charge is 0.380 e. The Labute approximate surface area is 110 Å². The second kappa shape index (κ2) is 4.11. The molecule has 0 saturated heterocycles. The highest BCUT2D eigenvalue weighted by Crippen LogP contribution is 2.37. The Morgan fingerprint density at radius 1 is 1.16 bits per heavy atom. The van der Waals surface area contributed by atoms with Gasteiger partial charge in [-0.05, 0) is 59.4 Å². The van der Waals surface area contributed by atoms with Gasteiger partial charge in [0.05, 0.1) is 0 Å². The monoisotopic (exact) mass is 279 g/mol. The minimum absolute atomic E-state index is 0.146. The van der Waals surface area contributed by atoms with Crippen LogP contribution in [-0.2, 0) is 23.1 Å². The number of fused-ring (bicyclic) bond motifs is 3. The Kier molecular flexibility index (Phi) is 2.65. The molecule has 1 aliphatic rings. The molecule has 0 fully saturated rings. The molecule has 0 saturated carbocycles. The first-order chi connectivity index (χ1) is 8.94. The van der Waals surface area contributed by atoms with Crippen molar-refractivity contribution in [2.75, 3.05) is 0 Å². The third-order valence-electron chi connectivity index (χ3n) is 3.38. The first-order valence-corrected chi connectivity index (χ1v) is 7.41. The van der Waals surface area contributed by atoms with Crippen molar-refractivity contribution in [2.24, 2.45) is 5.14 Å². The Balaban J connectivity index is 2.17. The number of rotatable bonds is 2. The van der Waals surface area contributed by atoms with E-state index in [1.54, 1.807) is 24.3 Å². The summed E-state index contributed by atoms with van der Waals surface area (Å²) in [7, 11) is -4.03. The highest BCUT2D eigenvalue weighted by Gasteiger charge is 2.18. The molecule has 19 heavy (non-hydrogen) atoms. The third kappa shape index (κ3) is 2.24. The maximum absolute atomic E-state index is 10.9. The van der Waals surface area contributed by atoms with Crippen molar-refractivity contribution < 1.29 is 17.7 Å². The lowest BCUT2D eigenvalue weighted by atomic mass is 10.00. The molecule has 0 bridgehead atoms. The van der Waals surface area contributed by atoms with Crippen LogP contribution in [0.1, 0.15) is 17.5 Å². The molecular formula is C13H13NO4S. The Bertz CT molecular complexity index is 768. The number of hydrogen-bond donors (Lipinski definition) is 2. The molecule has 0 aliphatic heterocycles. The summed E-state index contributed by atoms with van der Waals surface area (Å²) in [6, 6.07) is 6.58. The Hall–Kier alpha value is -1.79. The second-order valence-electron chi connectivity index (χ2n) is 4.67. The van der Waals surface area contributed by atoms with Crippen LogP contribution in [0, 0.1) is 0 Å². The van der Waals surface area contributed by atoms with E-state index in [0.717, 1.165) is 41.2 Å². The van der Waals surface area contributed by atoms with Crippen LogP contribution in [0.2, 0.25) is 0 Å². The first-order valence-electron chi connectivity index (χ1n) is 5.94. The number of phenolic OH excluding ortho intramolecular Hbond substituents is 1. The van der Waals surface area contributed by atoms with Crippen molar-refractivity contribution in [1.29, 1.82) is 0 Å². The Morgan fingerprint density at radius 3 is 2.63 bits per heavy atom. The normalized spacial score (nSPS) is 14.6. The molecule has 0 spiro atoms. The van der Waals surface area contributed by atoms with Gasteiger partial charge in [-0.3, -0.25) is 0 Å². The first kappa shape index (κ1) is 12.3. The van der Waals surface area contributed by atoms with Crippen molar-refractivity contribution in [1.82, 2.24) is 0 Å². The zero-order chi connectivity index (χ0) is 13.6. The molecule has 0 heterocycles. The van der Waals surface area contributed by atoms with Gasteiger partial charge in [-0.25, -0.2) is 0 Å². The highest BCUT2D eigenvalue weighted by molar-refractivity contribution is 7.84. The van der Waals surface area contributed by atoms with E-state index in [4.69, 9.17) is 5.14 Å². The van der Waals surface area contributed by atoms with Gasteiger partial charge < -0.3 is 9.29 Å². The molecule has 5 nitrogen and oxygen atoms in total. The van der Waals surface area contributed by atoms with Gasteiger partial charge in [-0.1, -0.05) is 6.07 Å². The van der Waals surface area contributed by atoms with Crippen LogP contribution in [-0.4, -0.2) is 13.5 Å². The molecule has 1 aliphatic carbocycles. The van der Waals surface area contributed by atoms with Gasteiger partial charge in [0.2, 0.25) is 0 Å². The topological polar surface area (TPSA) is 89.6 Å². The van der Waals surface area contributed by atoms with Crippen molar-refractivity contribution >= 4 is 21.1 Å². The molecule has 100 valence electrons. The van der Waals surface area contributed by atoms with E-state index < -0.39 is 10.3 Å². The fraction of sp³-hybridized carbons (Fsp3) is 0.231. The molecule has 0 atom stereocenters. The summed E-state index contributed by atoms with van der Waals surface area (Å²) in [6.45, 7) is 0. The van der Waals surface area contributed by atoms with Crippen molar-refractivity contribution in [2.45, 2.75) is 19.3 Å². The standard InChI is InChI=1S/C13H13NO4S/c14-19(16,17)18-9-4-5-10-8(6-9)7-13(15)12-3-1-2-11(10)12/h4-7,15H,1-3H2,(H2,14,16,17). The lowest BCUT2D eigenvalue weighted by molar-refractivity contribution is 0.470. The van der Waals surface area contributed by atoms with E-state index in [9.17, 15) is 13.5 Å². The summed E-state index contributed by atoms with van der Waals surface area (Å²) in [5, 5.41) is 16.6. The van der Waals surface area contributed by atoms with Crippen LogP contribution in [0.3, 0.4) is 0 Å². The van der Waals surface area contributed by atoms with Crippen LogP contribution < -0.4 is 9.32 Å². The maximum Gasteiger partial charge on any atom is 0.380 e. The lowest BCUT2D eigenvalue weighted by Crippen LogP contribution is -2.18. The van der Waals surface area contributed by atoms with Crippen molar-refractivity contribution in [3.8, 4) is 11.5 Å². The SMILES string of the molecule is NS(=O)(=O)Oc1ccc2c3c(c(O)cc2c1)CCC3. The molecule has 6 heteroatoms. The van der Waals surface area contributed by atoms with Gasteiger partial charge >= 0.3 is 10.3 Å². The van der Waals surface area contributed by atoms with E-state index >= 15 is 0 Å². The molecule has 0 amide bonds. The van der Waals surface area contributed by atoms with Crippen LogP contribution in [0.5, 0.6) is 11.5 Å². The number of benzene rings is 2. The van der Waals surface area contributed by atoms with Gasteiger partial charge in [0, 0.05) is 0 Å². The molecule has 2 aromatic rings. The van der Waals surface area contributed by atoms with E-state index in [-0.39, 0.29) is 11.5 Å². The Morgan fingerprint density at radius 2 is 1.89 bits per heavy atom. The molecule has 0 unspecified atom stereocenters. The number of phenols is 1. The molecular weight excluding hydrogens is 266 g/mol. The van der Waals surface area contributed by atoms with Gasteiger partial charge in [0.25, 0.3) is 0 Å². The largest absolute Gasteiger partial charge is 0.508 e. The predicted molar refractivity (Wildman–Crippen MR) is 71.4 cm³/mol. The predicted octanol–water partition coefficient (Wildman–Crippen LogP) is 1.62. The van der Waals surface area contributed by atoms with E-state index in [0.29, 0.717) is 0 Å². The molecule has 3 rings (SSSR count). The van der Waals surface area contributed by atoms with Gasteiger partial charge in [-0.2, -0.15) is 13.6 Å².